The third-order valence-corrected chi connectivity index (χ3v) is 3.07. The van der Waals surface area contributed by atoms with E-state index in [4.69, 9.17) is 15.9 Å². The number of nitrogens with two attached hydrogens (primary N) is 2. The van der Waals surface area contributed by atoms with E-state index in [0.717, 1.165) is 27.9 Å². The van der Waals surface area contributed by atoms with Crippen molar-refractivity contribution in [3.63, 3.8) is 0 Å². The Kier molecular flexibility index (Phi) is 2.93. The lowest BCUT2D eigenvalue weighted by Crippen LogP contribution is -1.95. The lowest BCUT2D eigenvalue weighted by atomic mass is 10.1. The Hall–Kier alpha value is -2.33. The number of oxazole rings is 1. The molecule has 0 amide bonds. The van der Waals surface area contributed by atoms with Gasteiger partial charge in [-0.3, -0.25) is 0 Å². The Balaban J connectivity index is 1.90. The van der Waals surface area contributed by atoms with E-state index in [9.17, 15) is 0 Å². The summed E-state index contributed by atoms with van der Waals surface area (Å²) < 4.78 is 5.72. The monoisotopic (exact) mass is 253 g/mol. The van der Waals surface area contributed by atoms with Crippen molar-refractivity contribution in [3.05, 3.63) is 59.5 Å². The fourth-order valence-corrected chi connectivity index (χ4v) is 2.03. The van der Waals surface area contributed by atoms with E-state index in [1.807, 2.05) is 42.5 Å². The first-order valence-electron chi connectivity index (χ1n) is 6.17. The highest BCUT2D eigenvalue weighted by Crippen LogP contribution is 2.19. The number of rotatable bonds is 3. The van der Waals surface area contributed by atoms with Crippen LogP contribution in [-0.4, -0.2) is 4.98 Å². The molecule has 1 aromatic heterocycles. The van der Waals surface area contributed by atoms with Crippen molar-refractivity contribution in [3.8, 4) is 0 Å². The molecule has 0 atom stereocenters. The summed E-state index contributed by atoms with van der Waals surface area (Å²) in [7, 11) is 0. The zero-order valence-electron chi connectivity index (χ0n) is 10.5. The van der Waals surface area contributed by atoms with Crippen LogP contribution < -0.4 is 11.5 Å². The fourth-order valence-electron chi connectivity index (χ4n) is 2.03. The Bertz CT molecular complexity index is 701. The summed E-state index contributed by atoms with van der Waals surface area (Å²) >= 11 is 0. The molecule has 4 nitrogen and oxygen atoms in total. The van der Waals surface area contributed by atoms with E-state index in [2.05, 4.69) is 4.98 Å². The van der Waals surface area contributed by atoms with Crippen LogP contribution in [0.25, 0.3) is 11.1 Å². The Morgan fingerprint density at radius 1 is 1.00 bits per heavy atom. The van der Waals surface area contributed by atoms with Gasteiger partial charge in [-0.15, -0.1) is 0 Å². The van der Waals surface area contributed by atoms with Gasteiger partial charge in [0.15, 0.2) is 11.5 Å². The molecule has 0 saturated heterocycles. The van der Waals surface area contributed by atoms with E-state index >= 15 is 0 Å². The third kappa shape index (κ3) is 2.44. The van der Waals surface area contributed by atoms with Crippen molar-refractivity contribution < 1.29 is 4.42 Å². The first-order chi connectivity index (χ1) is 9.24. The summed E-state index contributed by atoms with van der Waals surface area (Å²) in [5, 5.41) is 0. The maximum atomic E-state index is 5.72. The Morgan fingerprint density at radius 2 is 1.74 bits per heavy atom. The molecular formula is C15H15N3O. The van der Waals surface area contributed by atoms with Crippen molar-refractivity contribution in [1.82, 2.24) is 4.98 Å². The molecule has 0 radical (unpaired) electrons. The van der Waals surface area contributed by atoms with E-state index in [1.165, 1.54) is 0 Å². The summed E-state index contributed by atoms with van der Waals surface area (Å²) in [5.41, 5.74) is 15.9. The van der Waals surface area contributed by atoms with Crippen molar-refractivity contribution in [2.45, 2.75) is 13.0 Å². The molecule has 0 saturated carbocycles. The molecule has 0 aliphatic rings. The number of benzene rings is 2. The molecule has 96 valence electrons. The van der Waals surface area contributed by atoms with E-state index in [1.54, 1.807) is 0 Å². The minimum Gasteiger partial charge on any atom is -0.440 e. The Morgan fingerprint density at radius 3 is 2.47 bits per heavy atom. The summed E-state index contributed by atoms with van der Waals surface area (Å²) in [6.07, 6.45) is 0.660. The number of nitrogen functional groups attached to an aromatic ring is 1. The maximum absolute atomic E-state index is 5.72. The SMILES string of the molecule is NCc1ccc2oc(Cc3ccc(N)cc3)nc2c1. The average molecular weight is 253 g/mol. The van der Waals surface area contributed by atoms with Gasteiger partial charge in [-0.1, -0.05) is 18.2 Å². The molecule has 2 aromatic carbocycles. The number of hydrogen-bond donors (Lipinski definition) is 2. The van der Waals surface area contributed by atoms with Gasteiger partial charge in [-0.25, -0.2) is 4.98 Å². The molecule has 1 heterocycles. The number of nitrogens with zero attached hydrogens (tertiary/aromatic N) is 1. The van der Waals surface area contributed by atoms with Crippen LogP contribution in [0.15, 0.2) is 46.9 Å². The molecule has 0 bridgehead atoms. The van der Waals surface area contributed by atoms with E-state index in [0.29, 0.717) is 18.9 Å². The van der Waals surface area contributed by atoms with Gasteiger partial charge >= 0.3 is 0 Å². The van der Waals surface area contributed by atoms with Crippen molar-refractivity contribution in [2.24, 2.45) is 5.73 Å². The second kappa shape index (κ2) is 4.74. The lowest BCUT2D eigenvalue weighted by molar-refractivity contribution is 0.544. The van der Waals surface area contributed by atoms with Gasteiger partial charge in [0.1, 0.15) is 5.52 Å². The van der Waals surface area contributed by atoms with Crippen molar-refractivity contribution in [2.75, 3.05) is 5.73 Å². The zero-order valence-corrected chi connectivity index (χ0v) is 10.5. The first-order valence-corrected chi connectivity index (χ1v) is 6.17. The van der Waals surface area contributed by atoms with E-state index in [-0.39, 0.29) is 0 Å². The summed E-state index contributed by atoms with van der Waals surface area (Å²) in [5.74, 6) is 0.703. The van der Waals surface area contributed by atoms with Crippen LogP contribution in [0.3, 0.4) is 0 Å². The van der Waals surface area contributed by atoms with Crippen LogP contribution in [0.4, 0.5) is 5.69 Å². The van der Waals surface area contributed by atoms with E-state index < -0.39 is 0 Å². The molecule has 0 fully saturated rings. The zero-order chi connectivity index (χ0) is 13.2. The highest BCUT2D eigenvalue weighted by atomic mass is 16.3. The van der Waals surface area contributed by atoms with Crippen LogP contribution in [0, 0.1) is 0 Å². The quantitative estimate of drug-likeness (QED) is 0.703. The second-order valence-electron chi connectivity index (χ2n) is 4.53. The second-order valence-corrected chi connectivity index (χ2v) is 4.53. The molecule has 0 spiro atoms. The van der Waals surface area contributed by atoms with Gasteiger partial charge < -0.3 is 15.9 Å². The minimum atomic E-state index is 0.510. The highest BCUT2D eigenvalue weighted by molar-refractivity contribution is 5.73. The standard InChI is InChI=1S/C15H15N3O/c16-9-11-3-6-14-13(7-11)18-15(19-14)8-10-1-4-12(17)5-2-10/h1-7H,8-9,16-17H2. The van der Waals surface area contributed by atoms with Gasteiger partial charge in [0, 0.05) is 18.7 Å². The molecule has 4 N–H and O–H groups in total. The van der Waals surface area contributed by atoms with Gasteiger partial charge in [-0.2, -0.15) is 0 Å². The van der Waals surface area contributed by atoms with Gasteiger partial charge in [0.2, 0.25) is 0 Å². The first kappa shape index (κ1) is 11.7. The van der Waals surface area contributed by atoms with Crippen LogP contribution in [0.1, 0.15) is 17.0 Å². The molecule has 0 aliphatic heterocycles. The van der Waals surface area contributed by atoms with Crippen LogP contribution in [-0.2, 0) is 13.0 Å². The molecule has 19 heavy (non-hydrogen) atoms. The normalized spacial score (nSPS) is 11.0. The number of anilines is 1. The molecule has 4 heteroatoms. The summed E-state index contributed by atoms with van der Waals surface area (Å²) in [4.78, 5) is 4.49. The largest absolute Gasteiger partial charge is 0.440 e. The molecule has 0 aliphatic carbocycles. The third-order valence-electron chi connectivity index (χ3n) is 3.07. The summed E-state index contributed by atoms with van der Waals surface area (Å²) in [6, 6.07) is 13.6. The van der Waals surface area contributed by atoms with Crippen LogP contribution in [0.2, 0.25) is 0 Å². The predicted octanol–water partition coefficient (Wildman–Crippen LogP) is 2.46. The minimum absolute atomic E-state index is 0.510. The smallest absolute Gasteiger partial charge is 0.199 e. The number of fused-ring (bicyclic) bond motifs is 1. The predicted molar refractivity (Wildman–Crippen MR) is 75.6 cm³/mol. The van der Waals surface area contributed by atoms with Gasteiger partial charge in [0.25, 0.3) is 0 Å². The molecule has 3 rings (SSSR count). The maximum Gasteiger partial charge on any atom is 0.199 e. The molecular weight excluding hydrogens is 238 g/mol. The van der Waals surface area contributed by atoms with Crippen molar-refractivity contribution >= 4 is 16.8 Å². The van der Waals surface area contributed by atoms with Crippen molar-refractivity contribution in [1.29, 1.82) is 0 Å². The lowest BCUT2D eigenvalue weighted by Gasteiger charge is -1.97. The number of aromatic nitrogens is 1. The Labute approximate surface area is 111 Å². The average Bonchev–Trinajstić information content (AvgIpc) is 2.82. The van der Waals surface area contributed by atoms with Crippen LogP contribution in [0.5, 0.6) is 0 Å². The highest BCUT2D eigenvalue weighted by Gasteiger charge is 2.07. The fraction of sp³-hybridized carbons (Fsp3) is 0.133. The van der Waals surface area contributed by atoms with Gasteiger partial charge in [0.05, 0.1) is 0 Å². The van der Waals surface area contributed by atoms with Crippen LogP contribution >= 0.6 is 0 Å². The topological polar surface area (TPSA) is 78.1 Å². The molecule has 3 aromatic rings. The number of hydrogen-bond acceptors (Lipinski definition) is 4. The molecule has 0 unspecified atom stereocenters. The van der Waals surface area contributed by atoms with Gasteiger partial charge in [-0.05, 0) is 35.4 Å². The summed E-state index contributed by atoms with van der Waals surface area (Å²) in [6.45, 7) is 0.510.